The Hall–Kier alpha value is 0.130. The molecule has 1 heterocycles. The third-order valence-electron chi connectivity index (χ3n) is 2.13. The molecule has 76 valence electrons. The number of benzene rings is 1. The molecule has 1 aliphatic rings. The van der Waals surface area contributed by atoms with Gasteiger partial charge in [-0.05, 0) is 24.6 Å². The Bertz CT molecular complexity index is 319. The minimum Gasteiger partial charge on any atom is -0.586 e. The van der Waals surface area contributed by atoms with Gasteiger partial charge in [0.1, 0.15) is 26.4 Å². The molecule has 0 spiro atoms. The number of nitrogens with one attached hydrogen (secondary N) is 1. The van der Waals surface area contributed by atoms with Gasteiger partial charge in [-0.1, -0.05) is 23.7 Å². The molecule has 0 aliphatic carbocycles. The molecule has 1 aromatic rings. The number of hydrogen-bond donors (Lipinski definition) is 1. The highest BCUT2D eigenvalue weighted by Crippen LogP contribution is 2.41. The SMILES string of the molecule is CC1N[S+]([O-])SC1c1ccc(Cl)cc1. The number of rotatable bonds is 1. The zero-order valence-electron chi connectivity index (χ0n) is 7.57. The largest absolute Gasteiger partial charge is 0.586 e. The molecule has 1 aromatic carbocycles. The second kappa shape index (κ2) is 4.33. The summed E-state index contributed by atoms with van der Waals surface area (Å²) in [7, 11) is 0.495. The van der Waals surface area contributed by atoms with Crippen LogP contribution in [0.2, 0.25) is 5.02 Å². The van der Waals surface area contributed by atoms with Crippen molar-refractivity contribution >= 4 is 32.8 Å². The topological polar surface area (TPSA) is 35.1 Å². The van der Waals surface area contributed by atoms with Crippen LogP contribution < -0.4 is 4.72 Å². The molecule has 2 rings (SSSR count). The summed E-state index contributed by atoms with van der Waals surface area (Å²) in [5.74, 6) is 0. The van der Waals surface area contributed by atoms with E-state index in [2.05, 4.69) is 4.72 Å². The van der Waals surface area contributed by atoms with E-state index < -0.39 is 10.4 Å². The lowest BCUT2D eigenvalue weighted by Gasteiger charge is -2.08. The van der Waals surface area contributed by atoms with Crippen molar-refractivity contribution in [3.05, 3.63) is 34.9 Å². The van der Waals surface area contributed by atoms with Crippen molar-refractivity contribution in [3.8, 4) is 0 Å². The quantitative estimate of drug-likeness (QED) is 0.612. The molecule has 0 saturated carbocycles. The first-order valence-electron chi connectivity index (χ1n) is 4.27. The lowest BCUT2D eigenvalue weighted by Crippen LogP contribution is -2.24. The van der Waals surface area contributed by atoms with Crippen LogP contribution in [0.4, 0.5) is 0 Å². The highest BCUT2D eigenvalue weighted by atomic mass is 35.5. The molecule has 3 unspecified atom stereocenters. The first-order chi connectivity index (χ1) is 6.66. The van der Waals surface area contributed by atoms with Crippen LogP contribution >= 0.6 is 22.4 Å². The highest BCUT2D eigenvalue weighted by Gasteiger charge is 2.36. The van der Waals surface area contributed by atoms with Gasteiger partial charge in [-0.15, -0.1) is 4.72 Å². The van der Waals surface area contributed by atoms with Crippen molar-refractivity contribution in [1.82, 2.24) is 4.72 Å². The van der Waals surface area contributed by atoms with E-state index in [0.717, 1.165) is 5.02 Å². The maximum atomic E-state index is 11.2. The molecule has 1 saturated heterocycles. The van der Waals surface area contributed by atoms with E-state index in [0.29, 0.717) is 0 Å². The Morgan fingerprint density at radius 1 is 1.43 bits per heavy atom. The van der Waals surface area contributed by atoms with E-state index in [1.54, 1.807) is 0 Å². The van der Waals surface area contributed by atoms with Crippen LogP contribution in [0, 0.1) is 0 Å². The predicted octanol–water partition coefficient (Wildman–Crippen LogP) is 2.68. The van der Waals surface area contributed by atoms with Gasteiger partial charge >= 0.3 is 0 Å². The van der Waals surface area contributed by atoms with E-state index in [4.69, 9.17) is 11.6 Å². The molecule has 0 amide bonds. The van der Waals surface area contributed by atoms with Gasteiger partial charge in [-0.2, -0.15) is 0 Å². The van der Waals surface area contributed by atoms with E-state index in [9.17, 15) is 4.55 Å². The number of halogens is 1. The van der Waals surface area contributed by atoms with Crippen LogP contribution in [0.25, 0.3) is 0 Å². The van der Waals surface area contributed by atoms with Crippen molar-refractivity contribution in [1.29, 1.82) is 0 Å². The van der Waals surface area contributed by atoms with E-state index in [1.807, 2.05) is 31.2 Å². The Morgan fingerprint density at radius 2 is 2.07 bits per heavy atom. The first-order valence-corrected chi connectivity index (χ1v) is 7.20. The average molecular weight is 248 g/mol. The molecular weight excluding hydrogens is 238 g/mol. The standard InChI is InChI=1S/C9H10ClNOS2/c1-6-9(13-14(12)11-6)7-2-4-8(10)5-3-7/h2-6,9,11H,1H3. The van der Waals surface area contributed by atoms with Crippen LogP contribution in [0.3, 0.4) is 0 Å². The van der Waals surface area contributed by atoms with Gasteiger partial charge in [-0.25, -0.2) is 0 Å². The average Bonchev–Trinajstić information content (AvgIpc) is 2.47. The van der Waals surface area contributed by atoms with Gasteiger partial charge in [-0.3, -0.25) is 0 Å². The van der Waals surface area contributed by atoms with Crippen molar-refractivity contribution in [3.63, 3.8) is 0 Å². The summed E-state index contributed by atoms with van der Waals surface area (Å²) in [6, 6.07) is 7.94. The van der Waals surface area contributed by atoms with Gasteiger partial charge in [0.25, 0.3) is 0 Å². The van der Waals surface area contributed by atoms with E-state index >= 15 is 0 Å². The smallest absolute Gasteiger partial charge is 0.123 e. The second-order valence-corrected chi connectivity index (χ2v) is 6.54. The zero-order chi connectivity index (χ0) is 10.1. The molecule has 1 aliphatic heterocycles. The monoisotopic (exact) mass is 247 g/mol. The van der Waals surface area contributed by atoms with Crippen LogP contribution in [0.15, 0.2) is 24.3 Å². The normalized spacial score (nSPS) is 32.1. The Morgan fingerprint density at radius 3 is 2.57 bits per heavy atom. The minimum atomic E-state index is -0.955. The fourth-order valence-electron chi connectivity index (χ4n) is 1.42. The zero-order valence-corrected chi connectivity index (χ0v) is 9.96. The summed E-state index contributed by atoms with van der Waals surface area (Å²) in [6.45, 7) is 2.04. The molecule has 0 bridgehead atoms. The Balaban J connectivity index is 2.19. The first kappa shape index (κ1) is 10.6. The number of hydrogen-bond acceptors (Lipinski definition) is 3. The van der Waals surface area contributed by atoms with Crippen LogP contribution in [0.5, 0.6) is 0 Å². The highest BCUT2D eigenvalue weighted by molar-refractivity contribution is 8.71. The molecule has 1 N–H and O–H groups in total. The molecule has 14 heavy (non-hydrogen) atoms. The lowest BCUT2D eigenvalue weighted by molar-refractivity contribution is 0.582. The van der Waals surface area contributed by atoms with E-state index in [1.165, 1.54) is 16.4 Å². The lowest BCUT2D eigenvalue weighted by atomic mass is 10.1. The van der Waals surface area contributed by atoms with Crippen molar-refractivity contribution in [2.75, 3.05) is 0 Å². The van der Waals surface area contributed by atoms with Gasteiger partial charge in [0, 0.05) is 5.02 Å². The third kappa shape index (κ3) is 2.20. The van der Waals surface area contributed by atoms with Gasteiger partial charge < -0.3 is 4.55 Å². The molecule has 5 heteroatoms. The van der Waals surface area contributed by atoms with Gasteiger partial charge in [0.2, 0.25) is 0 Å². The summed E-state index contributed by atoms with van der Waals surface area (Å²) in [5, 5.41) is 0.992. The molecule has 1 fully saturated rings. The Labute approximate surface area is 95.1 Å². The molecule has 0 aromatic heterocycles. The van der Waals surface area contributed by atoms with Crippen LogP contribution in [-0.2, 0) is 10.4 Å². The van der Waals surface area contributed by atoms with Crippen LogP contribution in [0.1, 0.15) is 17.7 Å². The second-order valence-electron chi connectivity index (χ2n) is 3.21. The predicted molar refractivity (Wildman–Crippen MR) is 62.5 cm³/mol. The van der Waals surface area contributed by atoms with Crippen molar-refractivity contribution in [2.45, 2.75) is 18.2 Å². The van der Waals surface area contributed by atoms with E-state index in [-0.39, 0.29) is 11.3 Å². The van der Waals surface area contributed by atoms with Crippen molar-refractivity contribution < 1.29 is 4.55 Å². The third-order valence-corrected chi connectivity index (χ3v) is 5.44. The molecule has 3 atom stereocenters. The molecular formula is C9H10ClNOS2. The summed E-state index contributed by atoms with van der Waals surface area (Å²) in [5.41, 5.74) is 1.17. The van der Waals surface area contributed by atoms with Crippen molar-refractivity contribution in [2.24, 2.45) is 0 Å². The summed E-state index contributed by atoms with van der Waals surface area (Å²) >= 11 is 5.80. The fraction of sp³-hybridized carbons (Fsp3) is 0.333. The summed E-state index contributed by atoms with van der Waals surface area (Å²) in [4.78, 5) is 0. The Kier molecular flexibility index (Phi) is 3.29. The maximum absolute atomic E-state index is 11.2. The van der Waals surface area contributed by atoms with Gasteiger partial charge in [0.05, 0.1) is 6.04 Å². The fourth-order valence-corrected chi connectivity index (χ4v) is 4.83. The van der Waals surface area contributed by atoms with Gasteiger partial charge in [0.15, 0.2) is 0 Å². The summed E-state index contributed by atoms with van der Waals surface area (Å²) in [6.07, 6.45) is 0. The molecule has 2 nitrogen and oxygen atoms in total. The maximum Gasteiger partial charge on any atom is 0.123 e. The summed E-state index contributed by atoms with van der Waals surface area (Å²) < 4.78 is 14.2. The molecule has 0 radical (unpaired) electrons. The minimum absolute atomic E-state index is 0.238. The van der Waals surface area contributed by atoms with Crippen LogP contribution in [-0.4, -0.2) is 10.6 Å².